The molecule has 0 bridgehead atoms. The van der Waals surface area contributed by atoms with Crippen LogP contribution in [0.15, 0.2) is 21.9 Å². The third-order valence-electron chi connectivity index (χ3n) is 2.60. The van der Waals surface area contributed by atoms with Crippen LogP contribution in [0.4, 0.5) is 0 Å². The van der Waals surface area contributed by atoms with Gasteiger partial charge in [0.15, 0.2) is 0 Å². The summed E-state index contributed by atoms with van der Waals surface area (Å²) >= 11 is 0. The Morgan fingerprint density at radius 3 is 2.70 bits per heavy atom. The first-order valence-electron chi connectivity index (χ1n) is 6.72. The minimum Gasteiger partial charge on any atom is -0.377 e. The van der Waals surface area contributed by atoms with Crippen LogP contribution >= 0.6 is 7.82 Å². The maximum absolute atomic E-state index is 11.7. The van der Waals surface area contributed by atoms with Crippen LogP contribution in [-0.4, -0.2) is 34.3 Å². The second-order valence-electron chi connectivity index (χ2n) is 4.83. The van der Waals surface area contributed by atoms with Crippen molar-refractivity contribution in [3.8, 4) is 12.0 Å². The van der Waals surface area contributed by atoms with E-state index in [-0.39, 0.29) is 19.3 Å². The summed E-state index contributed by atoms with van der Waals surface area (Å²) in [6, 6.07) is 1.21. The Bertz CT molecular complexity index is 728. The van der Waals surface area contributed by atoms with E-state index in [1.54, 1.807) is 0 Å². The zero-order valence-corrected chi connectivity index (χ0v) is 13.9. The average Bonchev–Trinajstić information content (AvgIpc) is 2.47. The van der Waals surface area contributed by atoms with Crippen molar-refractivity contribution in [2.24, 2.45) is 5.92 Å². The molecule has 0 fully saturated rings. The molecule has 0 radical (unpaired) electrons. The zero-order valence-electron chi connectivity index (χ0n) is 13.0. The summed E-state index contributed by atoms with van der Waals surface area (Å²) in [6.45, 7) is 3.95. The second kappa shape index (κ2) is 8.70. The molecular weight excluding hydrogens is 327 g/mol. The number of aromatic nitrogens is 2. The van der Waals surface area contributed by atoms with Crippen LogP contribution in [-0.2, 0) is 24.9 Å². The molecule has 0 aliphatic rings. The second-order valence-corrected chi connectivity index (χ2v) is 6.32. The highest BCUT2D eigenvalue weighted by atomic mass is 31.2. The molecule has 23 heavy (non-hydrogen) atoms. The van der Waals surface area contributed by atoms with Crippen LogP contribution in [0.5, 0.6) is 0 Å². The molecule has 0 saturated carbocycles. The van der Waals surface area contributed by atoms with Crippen LogP contribution in [0.2, 0.25) is 0 Å². The van der Waals surface area contributed by atoms with Crippen LogP contribution in [0.25, 0.3) is 0 Å². The molecule has 0 spiro atoms. The molecule has 0 aliphatic carbocycles. The third-order valence-corrected chi connectivity index (χ3v) is 3.38. The van der Waals surface area contributed by atoms with E-state index in [0.29, 0.717) is 0 Å². The standard InChI is InChI=1S/C13H19N2O7P/c1-10(2)21-9-11(5-7-22-23(18,19)20-3)8-15-6-4-12(16)14-13(15)17/h4,6,10-11H,8-9H2,1-3H3,(H,18,19)(H,14,16,17)/t11-/m0/s1. The van der Waals surface area contributed by atoms with E-state index in [1.165, 1.54) is 16.8 Å². The van der Waals surface area contributed by atoms with Crippen molar-refractivity contribution in [2.75, 3.05) is 13.7 Å². The minimum atomic E-state index is -4.20. The van der Waals surface area contributed by atoms with Crippen LogP contribution in [0.3, 0.4) is 0 Å². The van der Waals surface area contributed by atoms with Crippen LogP contribution < -0.4 is 11.2 Å². The number of phosphoric ester groups is 1. The van der Waals surface area contributed by atoms with Crippen molar-refractivity contribution in [3.63, 3.8) is 0 Å². The Morgan fingerprint density at radius 1 is 1.43 bits per heavy atom. The summed E-state index contributed by atoms with van der Waals surface area (Å²) in [5, 5.41) is 0. The fourth-order valence-corrected chi connectivity index (χ4v) is 1.72. The van der Waals surface area contributed by atoms with Crippen molar-refractivity contribution in [1.82, 2.24) is 9.55 Å². The Labute approximate surface area is 132 Å². The van der Waals surface area contributed by atoms with Crippen molar-refractivity contribution in [3.05, 3.63) is 33.1 Å². The quantitative estimate of drug-likeness (QED) is 0.538. The monoisotopic (exact) mass is 346 g/mol. The molecular formula is C13H19N2O7P. The van der Waals surface area contributed by atoms with Crippen molar-refractivity contribution < 1.29 is 23.2 Å². The summed E-state index contributed by atoms with van der Waals surface area (Å²) in [5.41, 5.74) is -1.09. The predicted molar refractivity (Wildman–Crippen MR) is 81.6 cm³/mol. The number of rotatable bonds is 7. The number of H-pyrrole nitrogens is 1. The number of aromatic amines is 1. The highest BCUT2D eigenvalue weighted by Crippen LogP contribution is 2.41. The van der Waals surface area contributed by atoms with Crippen LogP contribution in [0, 0.1) is 17.9 Å². The minimum absolute atomic E-state index is 0.0598. The van der Waals surface area contributed by atoms with Crippen molar-refractivity contribution in [1.29, 1.82) is 0 Å². The first kappa shape index (κ1) is 19.2. The molecule has 0 aliphatic heterocycles. The molecule has 0 amide bonds. The van der Waals surface area contributed by atoms with Gasteiger partial charge >= 0.3 is 13.5 Å². The fraction of sp³-hybridized carbons (Fsp3) is 0.538. The van der Waals surface area contributed by atoms with Gasteiger partial charge < -0.3 is 9.26 Å². The lowest BCUT2D eigenvalue weighted by Gasteiger charge is -2.14. The highest BCUT2D eigenvalue weighted by Gasteiger charge is 2.18. The number of phosphoric acid groups is 1. The Balaban J connectivity index is 2.88. The molecule has 128 valence electrons. The van der Waals surface area contributed by atoms with E-state index in [9.17, 15) is 14.2 Å². The van der Waals surface area contributed by atoms with E-state index in [0.717, 1.165) is 7.11 Å². The van der Waals surface area contributed by atoms with Gasteiger partial charge in [0.05, 0.1) is 18.6 Å². The molecule has 9 nitrogen and oxygen atoms in total. The molecule has 2 atom stereocenters. The van der Waals surface area contributed by atoms with E-state index in [1.807, 2.05) is 13.8 Å². The van der Waals surface area contributed by atoms with Gasteiger partial charge in [0.2, 0.25) is 0 Å². The van der Waals surface area contributed by atoms with Crippen LogP contribution in [0.1, 0.15) is 13.8 Å². The number of hydrogen-bond acceptors (Lipinski definition) is 6. The van der Waals surface area contributed by atoms with Gasteiger partial charge in [-0.2, -0.15) is 0 Å². The molecule has 1 unspecified atom stereocenters. The number of ether oxygens (including phenoxy) is 1. The molecule has 1 aromatic rings. The maximum Gasteiger partial charge on any atom is 0.535 e. The summed E-state index contributed by atoms with van der Waals surface area (Å²) in [4.78, 5) is 33.9. The lowest BCUT2D eigenvalue weighted by molar-refractivity contribution is 0.0593. The van der Waals surface area contributed by atoms with E-state index in [2.05, 4.69) is 26.1 Å². The maximum atomic E-state index is 11.7. The lowest BCUT2D eigenvalue weighted by Crippen LogP contribution is -2.31. The van der Waals surface area contributed by atoms with Gasteiger partial charge in [-0.15, -0.1) is 0 Å². The lowest BCUT2D eigenvalue weighted by atomic mass is 10.1. The Kier molecular flexibility index (Phi) is 7.26. The van der Waals surface area contributed by atoms with Gasteiger partial charge in [-0.05, 0) is 13.8 Å². The zero-order chi connectivity index (χ0) is 17.5. The molecule has 0 aromatic carbocycles. The van der Waals surface area contributed by atoms with Crippen molar-refractivity contribution in [2.45, 2.75) is 26.5 Å². The number of nitrogens with one attached hydrogen (secondary N) is 1. The molecule has 1 aromatic heterocycles. The first-order chi connectivity index (χ1) is 10.7. The van der Waals surface area contributed by atoms with Crippen molar-refractivity contribution >= 4 is 7.82 Å². The first-order valence-corrected chi connectivity index (χ1v) is 8.22. The van der Waals surface area contributed by atoms with E-state index < -0.39 is 25.0 Å². The molecule has 1 rings (SSSR count). The normalized spacial score (nSPS) is 14.7. The molecule has 2 N–H and O–H groups in total. The summed E-state index contributed by atoms with van der Waals surface area (Å²) in [5.74, 6) is 2.09. The molecule has 0 saturated heterocycles. The topological polar surface area (TPSA) is 120 Å². The van der Waals surface area contributed by atoms with E-state index in [4.69, 9.17) is 9.63 Å². The van der Waals surface area contributed by atoms with E-state index >= 15 is 0 Å². The van der Waals surface area contributed by atoms with Gasteiger partial charge in [-0.1, -0.05) is 5.92 Å². The van der Waals surface area contributed by atoms with Gasteiger partial charge in [-0.25, -0.2) is 9.36 Å². The SMILES string of the molecule is COP(=O)(O)OC#C[C@H](COC(C)C)Cn1ccc(=O)[nH]c1=O. The fourth-order valence-electron chi connectivity index (χ4n) is 1.48. The Morgan fingerprint density at radius 2 is 2.13 bits per heavy atom. The third kappa shape index (κ3) is 7.30. The van der Waals surface area contributed by atoms with Gasteiger partial charge in [0.25, 0.3) is 5.56 Å². The predicted octanol–water partition coefficient (Wildman–Crippen LogP) is 0.302. The Hall–Kier alpha value is -1.85. The van der Waals surface area contributed by atoms with Gasteiger partial charge in [-0.3, -0.25) is 23.8 Å². The summed E-state index contributed by atoms with van der Waals surface area (Å²) in [7, 11) is -3.18. The number of hydrogen-bond donors (Lipinski definition) is 2. The largest absolute Gasteiger partial charge is 0.535 e. The molecule has 10 heteroatoms. The highest BCUT2D eigenvalue weighted by molar-refractivity contribution is 7.47. The summed E-state index contributed by atoms with van der Waals surface area (Å²) < 4.78 is 26.5. The smallest absolute Gasteiger partial charge is 0.377 e. The molecule has 1 heterocycles. The average molecular weight is 346 g/mol. The summed E-state index contributed by atoms with van der Waals surface area (Å²) in [6.07, 6.45) is 3.37. The number of nitrogens with zero attached hydrogens (tertiary/aromatic N) is 1. The van der Waals surface area contributed by atoms with Gasteiger partial charge in [0, 0.05) is 25.9 Å². The van der Waals surface area contributed by atoms with Gasteiger partial charge in [0.1, 0.15) is 6.11 Å².